The number of carbonyl (C=O) groups excluding carboxylic acids is 2. The van der Waals surface area contributed by atoms with Crippen LogP contribution in [0.3, 0.4) is 0 Å². The van der Waals surface area contributed by atoms with Crippen LogP contribution in [0.1, 0.15) is 38.6 Å². The van der Waals surface area contributed by atoms with Crippen molar-refractivity contribution in [1.82, 2.24) is 14.9 Å². The second kappa shape index (κ2) is 10.3. The molecule has 2 amide bonds. The molecule has 174 valence electrons. The first-order valence-electron chi connectivity index (χ1n) is 10.2. The fraction of sp³-hybridized carbons (Fsp3) is 0.476. The number of halogens is 3. The van der Waals surface area contributed by atoms with E-state index in [1.807, 2.05) is 13.8 Å². The molecule has 0 aliphatic carbocycles. The lowest BCUT2D eigenvalue weighted by Gasteiger charge is -2.29. The van der Waals surface area contributed by atoms with Gasteiger partial charge in [-0.15, -0.1) is 0 Å². The van der Waals surface area contributed by atoms with Crippen LogP contribution in [0.4, 0.5) is 13.6 Å². The quantitative estimate of drug-likeness (QED) is 0.539. The van der Waals surface area contributed by atoms with Crippen molar-refractivity contribution in [3.63, 3.8) is 0 Å². The maximum atomic E-state index is 13.2. The molecule has 3 rings (SSSR count). The summed E-state index contributed by atoms with van der Waals surface area (Å²) >= 11 is 3.19. The second-order valence-corrected chi connectivity index (χ2v) is 8.73. The van der Waals surface area contributed by atoms with Crippen LogP contribution in [-0.2, 0) is 9.53 Å². The van der Waals surface area contributed by atoms with E-state index in [1.54, 1.807) is 23.2 Å². The summed E-state index contributed by atoms with van der Waals surface area (Å²) in [6, 6.07) is 4.58. The summed E-state index contributed by atoms with van der Waals surface area (Å²) in [6.45, 7) is 1.31. The van der Waals surface area contributed by atoms with Gasteiger partial charge in [0.2, 0.25) is 5.91 Å². The molecule has 3 N–H and O–H groups in total. The minimum atomic E-state index is -2.94. The first-order valence-corrected chi connectivity index (χ1v) is 11.0. The van der Waals surface area contributed by atoms with Gasteiger partial charge in [-0.05, 0) is 46.8 Å². The van der Waals surface area contributed by atoms with E-state index in [9.17, 15) is 18.4 Å². The molecule has 1 saturated heterocycles. The number of hydrogen-bond acceptors (Lipinski definition) is 5. The van der Waals surface area contributed by atoms with E-state index in [1.165, 1.54) is 6.07 Å². The summed E-state index contributed by atoms with van der Waals surface area (Å²) in [5, 5.41) is 0. The highest BCUT2D eigenvalue weighted by Crippen LogP contribution is 2.35. The number of carbonyl (C=O) groups is 2. The largest absolute Gasteiger partial charge is 0.449 e. The topological polar surface area (TPSA) is 111 Å². The van der Waals surface area contributed by atoms with E-state index in [2.05, 4.69) is 30.6 Å². The van der Waals surface area contributed by atoms with Crippen molar-refractivity contribution in [3.05, 3.63) is 34.7 Å². The van der Waals surface area contributed by atoms with Crippen LogP contribution in [0.2, 0.25) is 0 Å². The molecule has 2 atom stereocenters. The number of imidazole rings is 1. The summed E-state index contributed by atoms with van der Waals surface area (Å²) in [4.78, 5) is 33.6. The fourth-order valence-electron chi connectivity index (χ4n) is 3.76. The molecule has 0 spiro atoms. The molecule has 1 aromatic heterocycles. The molecule has 1 aliphatic rings. The molecule has 8 nitrogen and oxygen atoms in total. The average molecular weight is 515 g/mol. The molecular weight excluding hydrogens is 490 g/mol. The zero-order valence-electron chi connectivity index (χ0n) is 17.7. The third-order valence-electron chi connectivity index (χ3n) is 5.43. The smallest absolute Gasteiger partial charge is 0.404 e. The number of aromatic nitrogens is 2. The molecule has 0 saturated carbocycles. The maximum Gasteiger partial charge on any atom is 0.404 e. The number of H-pyrrole nitrogens is 1. The Morgan fingerprint density at radius 3 is 2.78 bits per heavy atom. The summed E-state index contributed by atoms with van der Waals surface area (Å²) in [5.41, 5.74) is 6.30. The minimum absolute atomic E-state index is 0.0144. The van der Waals surface area contributed by atoms with Crippen LogP contribution in [0.15, 0.2) is 28.9 Å². The van der Waals surface area contributed by atoms with Crippen molar-refractivity contribution in [2.24, 2.45) is 17.6 Å². The van der Waals surface area contributed by atoms with E-state index in [-0.39, 0.29) is 30.2 Å². The van der Waals surface area contributed by atoms with Gasteiger partial charge in [0, 0.05) is 12.1 Å². The van der Waals surface area contributed by atoms with Gasteiger partial charge in [-0.3, -0.25) is 4.79 Å². The number of nitrogens with one attached hydrogen (secondary N) is 1. The zero-order chi connectivity index (χ0) is 23.4. The Kier molecular flexibility index (Phi) is 7.70. The van der Waals surface area contributed by atoms with Crippen LogP contribution in [0.5, 0.6) is 5.75 Å². The molecule has 2 aromatic rings. The summed E-state index contributed by atoms with van der Waals surface area (Å²) in [7, 11) is 0. The van der Waals surface area contributed by atoms with E-state index >= 15 is 0 Å². The number of aromatic amines is 1. The lowest BCUT2D eigenvalue weighted by Crippen LogP contribution is -2.40. The van der Waals surface area contributed by atoms with Crippen LogP contribution in [0.25, 0.3) is 11.3 Å². The normalized spacial score (nSPS) is 17.1. The van der Waals surface area contributed by atoms with Crippen LogP contribution in [0, 0.1) is 11.8 Å². The highest BCUT2D eigenvalue weighted by Gasteiger charge is 2.37. The Hall–Kier alpha value is -2.69. The summed E-state index contributed by atoms with van der Waals surface area (Å²) in [5.74, 6) is -0.0775. The van der Waals surface area contributed by atoms with Crippen molar-refractivity contribution < 1.29 is 27.8 Å². The minimum Gasteiger partial charge on any atom is -0.449 e. The van der Waals surface area contributed by atoms with Crippen LogP contribution < -0.4 is 10.5 Å². The first kappa shape index (κ1) is 24.0. The van der Waals surface area contributed by atoms with Crippen molar-refractivity contribution in [2.75, 3.05) is 13.2 Å². The van der Waals surface area contributed by atoms with Crippen molar-refractivity contribution in [1.29, 1.82) is 0 Å². The van der Waals surface area contributed by atoms with E-state index in [4.69, 9.17) is 10.5 Å². The van der Waals surface area contributed by atoms with Gasteiger partial charge in [0.05, 0.1) is 28.3 Å². The number of amides is 2. The second-order valence-electron chi connectivity index (χ2n) is 7.88. The molecule has 0 unspecified atom stereocenters. The molecule has 2 heterocycles. The number of hydrogen-bond donors (Lipinski definition) is 2. The fourth-order valence-corrected chi connectivity index (χ4v) is 4.10. The lowest BCUT2D eigenvalue weighted by molar-refractivity contribution is -0.139. The third-order valence-corrected chi connectivity index (χ3v) is 6.09. The molecule has 1 aliphatic heterocycles. The number of likely N-dealkylation sites (tertiary alicyclic amines) is 1. The highest BCUT2D eigenvalue weighted by molar-refractivity contribution is 9.10. The predicted molar refractivity (Wildman–Crippen MR) is 116 cm³/mol. The van der Waals surface area contributed by atoms with Gasteiger partial charge in [-0.2, -0.15) is 8.78 Å². The van der Waals surface area contributed by atoms with E-state index in [0.717, 1.165) is 12.8 Å². The van der Waals surface area contributed by atoms with Gasteiger partial charge in [-0.1, -0.05) is 19.9 Å². The Balaban J connectivity index is 1.80. The highest BCUT2D eigenvalue weighted by atomic mass is 79.9. The lowest BCUT2D eigenvalue weighted by atomic mass is 9.95. The Morgan fingerprint density at radius 1 is 1.38 bits per heavy atom. The standard InChI is InChI=1S/C21H25BrF2N4O4/c1-11(2)13(10-31-21(25)30)19(29)28-7-3-4-16(28)18-26-9-15(27-18)12-5-6-14(22)17(8-12)32-20(23)24/h5-6,8-9,11,13,16,20H,3-4,7,10H2,1-2H3,(H2,25,30)(H,26,27)/t13-,16+/m1/s1. The zero-order valence-corrected chi connectivity index (χ0v) is 19.3. The predicted octanol–water partition coefficient (Wildman–Crippen LogP) is 4.47. The Morgan fingerprint density at radius 2 is 2.12 bits per heavy atom. The molecule has 11 heteroatoms. The van der Waals surface area contributed by atoms with Gasteiger partial charge in [0.1, 0.15) is 18.2 Å². The Bertz CT molecular complexity index is 969. The van der Waals surface area contributed by atoms with E-state index < -0.39 is 18.6 Å². The van der Waals surface area contributed by atoms with Gasteiger partial charge in [0.15, 0.2) is 0 Å². The number of alkyl halides is 2. The molecule has 0 bridgehead atoms. The van der Waals surface area contributed by atoms with E-state index in [0.29, 0.717) is 28.1 Å². The number of benzene rings is 1. The first-order chi connectivity index (χ1) is 15.2. The molecule has 1 aromatic carbocycles. The van der Waals surface area contributed by atoms with Gasteiger partial charge in [-0.25, -0.2) is 9.78 Å². The number of primary amides is 1. The molecule has 1 fully saturated rings. The summed E-state index contributed by atoms with van der Waals surface area (Å²) in [6.07, 6.45) is 2.21. The van der Waals surface area contributed by atoms with Crippen molar-refractivity contribution in [3.8, 4) is 17.0 Å². The van der Waals surface area contributed by atoms with Crippen molar-refractivity contribution >= 4 is 27.9 Å². The van der Waals surface area contributed by atoms with Crippen LogP contribution in [-0.4, -0.2) is 46.6 Å². The Labute approximate surface area is 192 Å². The monoisotopic (exact) mass is 514 g/mol. The number of nitrogens with two attached hydrogens (primary N) is 1. The SMILES string of the molecule is CC(C)[C@@H](COC(N)=O)C(=O)N1CCC[C@H]1c1ncc(-c2ccc(Br)c(OC(F)F)c2)[nH]1. The number of ether oxygens (including phenoxy) is 2. The van der Waals surface area contributed by atoms with Crippen molar-refractivity contribution in [2.45, 2.75) is 39.3 Å². The maximum absolute atomic E-state index is 13.2. The van der Waals surface area contributed by atoms with Gasteiger partial charge >= 0.3 is 12.7 Å². The van der Waals surface area contributed by atoms with Gasteiger partial charge in [0.25, 0.3) is 0 Å². The van der Waals surface area contributed by atoms with Gasteiger partial charge < -0.3 is 25.1 Å². The molecule has 32 heavy (non-hydrogen) atoms. The summed E-state index contributed by atoms with van der Waals surface area (Å²) < 4.78 is 35.1. The van der Waals surface area contributed by atoms with Crippen LogP contribution >= 0.6 is 15.9 Å². The molecular formula is C21H25BrF2N4O4. The number of rotatable bonds is 8. The number of nitrogens with zero attached hydrogens (tertiary/aromatic N) is 2. The third kappa shape index (κ3) is 5.56. The molecule has 0 radical (unpaired) electrons. The average Bonchev–Trinajstić information content (AvgIpc) is 3.38.